The van der Waals surface area contributed by atoms with Gasteiger partial charge in [0.25, 0.3) is 0 Å². The number of hydrogen-bond acceptors (Lipinski definition) is 2. The monoisotopic (exact) mass is 256 g/mol. The molecule has 0 unspecified atom stereocenters. The largest absolute Gasteiger partial charge is 0.237 e. The molecule has 0 atom stereocenters. The van der Waals surface area contributed by atoms with Gasteiger partial charge >= 0.3 is 0 Å². The first-order valence-corrected chi connectivity index (χ1v) is 6.30. The van der Waals surface area contributed by atoms with Crippen molar-refractivity contribution in [1.29, 1.82) is 0 Å². The third kappa shape index (κ3) is 2.70. The second-order valence-corrected chi connectivity index (χ2v) is 4.78. The van der Waals surface area contributed by atoms with Crippen LogP contribution in [0.3, 0.4) is 0 Å². The van der Waals surface area contributed by atoms with Gasteiger partial charge in [0.2, 0.25) is 0 Å². The van der Waals surface area contributed by atoms with Crippen molar-refractivity contribution in [3.63, 3.8) is 0 Å². The van der Waals surface area contributed by atoms with Crippen LogP contribution in [-0.2, 0) is 0 Å². The van der Waals surface area contributed by atoms with Crippen molar-refractivity contribution in [1.82, 2.24) is 9.97 Å². The summed E-state index contributed by atoms with van der Waals surface area (Å²) < 4.78 is 13.0. The molecule has 1 aromatic heterocycles. The first-order valence-electron chi connectivity index (χ1n) is 6.30. The highest BCUT2D eigenvalue weighted by Crippen LogP contribution is 2.28. The highest BCUT2D eigenvalue weighted by Gasteiger charge is 2.14. The summed E-state index contributed by atoms with van der Waals surface area (Å²) in [6.07, 6.45) is 1.77. The molecule has 0 aliphatic heterocycles. The Hall–Kier alpha value is -2.03. The highest BCUT2D eigenvalue weighted by atomic mass is 19.1. The Morgan fingerprint density at radius 3 is 2.32 bits per heavy atom. The van der Waals surface area contributed by atoms with E-state index in [2.05, 4.69) is 30.4 Å². The molecule has 0 saturated carbocycles. The molecule has 0 N–H and O–H groups in total. The molecule has 0 amide bonds. The van der Waals surface area contributed by atoms with Crippen LogP contribution in [0, 0.1) is 12.7 Å². The van der Waals surface area contributed by atoms with Crippen LogP contribution >= 0.6 is 0 Å². The third-order valence-corrected chi connectivity index (χ3v) is 2.96. The van der Waals surface area contributed by atoms with E-state index in [-0.39, 0.29) is 11.7 Å². The van der Waals surface area contributed by atoms with Gasteiger partial charge in [-0.25, -0.2) is 14.4 Å². The fourth-order valence-electron chi connectivity index (χ4n) is 2.07. The lowest BCUT2D eigenvalue weighted by Crippen LogP contribution is -2.04. The predicted octanol–water partition coefficient (Wildman–Crippen LogP) is 4.36. The topological polar surface area (TPSA) is 25.8 Å². The van der Waals surface area contributed by atoms with E-state index in [9.17, 15) is 4.39 Å². The van der Waals surface area contributed by atoms with E-state index >= 15 is 0 Å². The van der Waals surface area contributed by atoms with Gasteiger partial charge in [0, 0.05) is 11.1 Å². The maximum absolute atomic E-state index is 13.0. The maximum atomic E-state index is 13.0. The molecular formula is C16H17FN2. The summed E-state index contributed by atoms with van der Waals surface area (Å²) in [5.74, 6) is 0.751. The molecule has 2 aromatic rings. The van der Waals surface area contributed by atoms with Crippen molar-refractivity contribution in [2.75, 3.05) is 0 Å². The lowest BCUT2D eigenvalue weighted by molar-refractivity contribution is 0.628. The van der Waals surface area contributed by atoms with Crippen LogP contribution in [0.1, 0.15) is 36.8 Å². The molecule has 0 radical (unpaired) electrons. The normalized spacial score (nSPS) is 10.8. The SMILES string of the molecule is C=Cc1c(-c2ccc(F)cc2)nc(C)nc1C(C)C. The van der Waals surface area contributed by atoms with E-state index < -0.39 is 0 Å². The van der Waals surface area contributed by atoms with Crippen LogP contribution in [0.25, 0.3) is 17.3 Å². The van der Waals surface area contributed by atoms with Crippen LogP contribution in [-0.4, -0.2) is 9.97 Å². The molecule has 0 spiro atoms. The lowest BCUT2D eigenvalue weighted by Gasteiger charge is -2.14. The van der Waals surface area contributed by atoms with Crippen molar-refractivity contribution in [3.05, 3.63) is 53.7 Å². The van der Waals surface area contributed by atoms with Gasteiger partial charge in [-0.2, -0.15) is 0 Å². The second-order valence-electron chi connectivity index (χ2n) is 4.78. The maximum Gasteiger partial charge on any atom is 0.126 e. The number of halogens is 1. The van der Waals surface area contributed by atoms with Crippen molar-refractivity contribution < 1.29 is 4.39 Å². The zero-order chi connectivity index (χ0) is 14.0. The minimum Gasteiger partial charge on any atom is -0.237 e. The van der Waals surface area contributed by atoms with Crippen LogP contribution in [0.15, 0.2) is 30.8 Å². The number of rotatable bonds is 3. The summed E-state index contributed by atoms with van der Waals surface area (Å²) in [4.78, 5) is 8.97. The summed E-state index contributed by atoms with van der Waals surface area (Å²) in [6, 6.07) is 6.34. The summed E-state index contributed by atoms with van der Waals surface area (Å²) in [7, 11) is 0. The minimum absolute atomic E-state index is 0.251. The van der Waals surface area contributed by atoms with Crippen LogP contribution in [0.2, 0.25) is 0 Å². The first kappa shape index (κ1) is 13.4. The molecule has 2 rings (SSSR count). The predicted molar refractivity (Wildman–Crippen MR) is 76.3 cm³/mol. The van der Waals surface area contributed by atoms with Crippen LogP contribution in [0.5, 0.6) is 0 Å². The summed E-state index contributed by atoms with van der Waals surface area (Å²) >= 11 is 0. The Balaban J connectivity index is 2.68. The Labute approximate surface area is 113 Å². The van der Waals surface area contributed by atoms with Crippen molar-refractivity contribution in [2.24, 2.45) is 0 Å². The van der Waals surface area contributed by atoms with Gasteiger partial charge in [0.05, 0.1) is 11.4 Å². The molecule has 0 aliphatic carbocycles. The van der Waals surface area contributed by atoms with E-state index in [0.29, 0.717) is 5.82 Å². The zero-order valence-corrected chi connectivity index (χ0v) is 11.4. The van der Waals surface area contributed by atoms with Gasteiger partial charge in [0.1, 0.15) is 11.6 Å². The second kappa shape index (κ2) is 5.31. The van der Waals surface area contributed by atoms with Crippen molar-refractivity contribution in [3.8, 4) is 11.3 Å². The number of aryl methyl sites for hydroxylation is 1. The van der Waals surface area contributed by atoms with Gasteiger partial charge in [0.15, 0.2) is 0 Å². The number of hydrogen-bond donors (Lipinski definition) is 0. The minimum atomic E-state index is -0.251. The average molecular weight is 256 g/mol. The van der Waals surface area contributed by atoms with E-state index in [4.69, 9.17) is 0 Å². The molecule has 0 bridgehead atoms. The van der Waals surface area contributed by atoms with Gasteiger partial charge < -0.3 is 0 Å². The Bertz CT molecular complexity index is 601. The quantitative estimate of drug-likeness (QED) is 0.815. The lowest BCUT2D eigenvalue weighted by atomic mass is 9.98. The summed E-state index contributed by atoms with van der Waals surface area (Å²) in [5.41, 5.74) is 3.59. The number of benzene rings is 1. The molecule has 0 saturated heterocycles. The Morgan fingerprint density at radius 1 is 1.16 bits per heavy atom. The fraction of sp³-hybridized carbons (Fsp3) is 0.250. The van der Waals surface area contributed by atoms with Gasteiger partial charge in [-0.3, -0.25) is 0 Å². The molecule has 19 heavy (non-hydrogen) atoms. The summed E-state index contributed by atoms with van der Waals surface area (Å²) in [6.45, 7) is 9.89. The van der Waals surface area contributed by atoms with E-state index in [0.717, 1.165) is 22.5 Å². The molecular weight excluding hydrogens is 239 g/mol. The van der Waals surface area contributed by atoms with Gasteiger partial charge in [-0.15, -0.1) is 0 Å². The third-order valence-electron chi connectivity index (χ3n) is 2.96. The first-order chi connectivity index (χ1) is 9.02. The molecule has 98 valence electrons. The van der Waals surface area contributed by atoms with Crippen LogP contribution in [0.4, 0.5) is 4.39 Å². The van der Waals surface area contributed by atoms with Crippen LogP contribution < -0.4 is 0 Å². The molecule has 3 heteroatoms. The van der Waals surface area contributed by atoms with Gasteiger partial charge in [-0.1, -0.05) is 26.5 Å². The molecule has 2 nitrogen and oxygen atoms in total. The summed E-state index contributed by atoms with van der Waals surface area (Å²) in [5, 5.41) is 0. The van der Waals surface area contributed by atoms with E-state index in [1.54, 1.807) is 18.2 Å². The van der Waals surface area contributed by atoms with E-state index in [1.807, 2.05) is 6.92 Å². The standard InChI is InChI=1S/C16H17FN2/c1-5-14-15(10(2)3)18-11(4)19-16(14)12-6-8-13(17)9-7-12/h5-10H,1H2,2-4H3. The Kier molecular flexibility index (Phi) is 3.74. The average Bonchev–Trinajstić information content (AvgIpc) is 2.38. The number of nitrogens with zero attached hydrogens (tertiary/aromatic N) is 2. The molecule has 0 aliphatic rings. The number of aromatic nitrogens is 2. The highest BCUT2D eigenvalue weighted by molar-refractivity contribution is 5.72. The van der Waals surface area contributed by atoms with Crippen molar-refractivity contribution in [2.45, 2.75) is 26.7 Å². The molecule has 1 aromatic carbocycles. The van der Waals surface area contributed by atoms with Crippen molar-refractivity contribution >= 4 is 6.08 Å². The fourth-order valence-corrected chi connectivity index (χ4v) is 2.07. The molecule has 1 heterocycles. The van der Waals surface area contributed by atoms with E-state index in [1.165, 1.54) is 12.1 Å². The molecule has 0 fully saturated rings. The van der Waals surface area contributed by atoms with Gasteiger partial charge in [-0.05, 0) is 37.1 Å². The zero-order valence-electron chi connectivity index (χ0n) is 11.4. The Morgan fingerprint density at radius 2 is 1.79 bits per heavy atom. The smallest absolute Gasteiger partial charge is 0.126 e.